The molecule has 1 aromatic heterocycles. The first-order valence-corrected chi connectivity index (χ1v) is 12.5. The second-order valence-corrected chi connectivity index (χ2v) is 9.55. The molecular weight excluding hydrogens is 593 g/mol. The van der Waals surface area contributed by atoms with Crippen LogP contribution >= 0.6 is 11.6 Å². The molecule has 0 aliphatic heterocycles. The second-order valence-electron chi connectivity index (χ2n) is 9.12. The number of nitrogens with zero attached hydrogens (tertiary/aromatic N) is 2. The minimum Gasteiger partial charge on any atom is -0.350 e. The molecule has 2 amide bonds. The number of carbonyl (C=O) groups excluding carboxylic acids is 2. The first-order valence-electron chi connectivity index (χ1n) is 12.1. The molecule has 1 atom stereocenters. The van der Waals surface area contributed by atoms with Gasteiger partial charge in [-0.15, -0.1) is 0 Å². The predicted molar refractivity (Wildman–Crippen MR) is 140 cm³/mol. The first-order chi connectivity index (χ1) is 19.6. The van der Waals surface area contributed by atoms with Crippen LogP contribution in [0.3, 0.4) is 0 Å². The highest BCUT2D eigenvalue weighted by molar-refractivity contribution is 6.30. The third-order valence-electron chi connectivity index (χ3n) is 6.17. The Bertz CT molecular complexity index is 1620. The van der Waals surface area contributed by atoms with Crippen molar-refractivity contribution in [3.05, 3.63) is 112 Å². The third kappa shape index (κ3) is 7.08. The Labute approximate surface area is 239 Å². The number of hydrogen-bond acceptors (Lipinski definition) is 3. The summed E-state index contributed by atoms with van der Waals surface area (Å²) in [6.45, 7) is 1.08. The van der Waals surface area contributed by atoms with Crippen molar-refractivity contribution >= 4 is 29.1 Å². The van der Waals surface area contributed by atoms with Crippen molar-refractivity contribution in [2.45, 2.75) is 31.7 Å². The lowest BCUT2D eigenvalue weighted by molar-refractivity contribution is -0.141. The Morgan fingerprint density at radius 1 is 0.929 bits per heavy atom. The standard InChI is InChI=1S/C28H20ClF7N4O2/c1-15(16-5-10-22(23(30)11-16)26(42)38-19-8-6-17(7-9-19)27(31,32)33)25(41)37-14-21-13-24(28(34,35)36)39-40(21)20-4-2-3-18(29)12-20/h2-13,15H,14H2,1H3,(H,37,41)(H,38,42). The fraction of sp³-hybridized carbons (Fsp3) is 0.179. The molecule has 0 aliphatic carbocycles. The summed E-state index contributed by atoms with van der Waals surface area (Å²) < 4.78 is 94.0. The maximum absolute atomic E-state index is 14.8. The Morgan fingerprint density at radius 3 is 2.21 bits per heavy atom. The number of benzene rings is 3. The van der Waals surface area contributed by atoms with Crippen LogP contribution in [0.2, 0.25) is 5.02 Å². The number of nitrogens with one attached hydrogen (secondary N) is 2. The molecule has 0 saturated carbocycles. The fourth-order valence-corrected chi connectivity index (χ4v) is 4.11. The average Bonchev–Trinajstić information content (AvgIpc) is 3.36. The number of anilines is 1. The van der Waals surface area contributed by atoms with Crippen molar-refractivity contribution in [1.82, 2.24) is 15.1 Å². The average molecular weight is 613 g/mol. The molecule has 42 heavy (non-hydrogen) atoms. The van der Waals surface area contributed by atoms with Gasteiger partial charge in [0, 0.05) is 10.7 Å². The largest absolute Gasteiger partial charge is 0.435 e. The number of aromatic nitrogens is 2. The van der Waals surface area contributed by atoms with E-state index in [1.807, 2.05) is 0 Å². The lowest BCUT2D eigenvalue weighted by Crippen LogP contribution is -2.28. The fourth-order valence-electron chi connectivity index (χ4n) is 3.92. The normalized spacial score (nSPS) is 12.6. The summed E-state index contributed by atoms with van der Waals surface area (Å²) in [5, 5.41) is 8.67. The van der Waals surface area contributed by atoms with Gasteiger partial charge >= 0.3 is 12.4 Å². The Morgan fingerprint density at radius 2 is 1.62 bits per heavy atom. The summed E-state index contributed by atoms with van der Waals surface area (Å²) in [6.07, 6.45) is -9.30. The number of alkyl halides is 6. The zero-order valence-electron chi connectivity index (χ0n) is 21.4. The van der Waals surface area contributed by atoms with Gasteiger partial charge in [0.15, 0.2) is 5.69 Å². The van der Waals surface area contributed by atoms with Crippen LogP contribution < -0.4 is 10.6 Å². The van der Waals surface area contributed by atoms with Crippen LogP contribution in [0.1, 0.15) is 45.7 Å². The van der Waals surface area contributed by atoms with Gasteiger partial charge in [-0.3, -0.25) is 9.59 Å². The van der Waals surface area contributed by atoms with E-state index in [-0.39, 0.29) is 34.2 Å². The van der Waals surface area contributed by atoms with E-state index in [1.165, 1.54) is 37.3 Å². The maximum Gasteiger partial charge on any atom is 0.435 e. The van der Waals surface area contributed by atoms with E-state index in [0.29, 0.717) is 0 Å². The van der Waals surface area contributed by atoms with Crippen LogP contribution in [0.4, 0.5) is 36.4 Å². The molecule has 0 fully saturated rings. The monoisotopic (exact) mass is 612 g/mol. The van der Waals surface area contributed by atoms with Crippen LogP contribution in [-0.2, 0) is 23.7 Å². The Hall–Kier alpha value is -4.39. The molecule has 0 bridgehead atoms. The lowest BCUT2D eigenvalue weighted by atomic mass is 9.98. The zero-order valence-corrected chi connectivity index (χ0v) is 22.2. The van der Waals surface area contributed by atoms with Crippen molar-refractivity contribution in [2.75, 3.05) is 5.32 Å². The van der Waals surface area contributed by atoms with Gasteiger partial charge in [-0.25, -0.2) is 9.07 Å². The van der Waals surface area contributed by atoms with E-state index in [2.05, 4.69) is 15.7 Å². The molecule has 0 saturated heterocycles. The van der Waals surface area contributed by atoms with Crippen molar-refractivity contribution in [1.29, 1.82) is 0 Å². The summed E-state index contributed by atoms with van der Waals surface area (Å²) in [5.74, 6) is -3.55. The maximum atomic E-state index is 14.8. The summed E-state index contributed by atoms with van der Waals surface area (Å²) in [5.41, 5.74) is -2.10. The van der Waals surface area contributed by atoms with Crippen LogP contribution in [0.25, 0.3) is 5.69 Å². The molecule has 220 valence electrons. The topological polar surface area (TPSA) is 76.0 Å². The summed E-state index contributed by atoms with van der Waals surface area (Å²) in [4.78, 5) is 25.3. The molecule has 0 aliphatic rings. The molecule has 1 heterocycles. The molecule has 0 spiro atoms. The van der Waals surface area contributed by atoms with Gasteiger partial charge in [0.25, 0.3) is 5.91 Å². The van der Waals surface area contributed by atoms with Crippen LogP contribution in [0.15, 0.2) is 72.8 Å². The molecule has 4 rings (SSSR count). The molecule has 6 nitrogen and oxygen atoms in total. The third-order valence-corrected chi connectivity index (χ3v) is 6.41. The SMILES string of the molecule is CC(C(=O)NCc1cc(C(F)(F)F)nn1-c1cccc(Cl)c1)c1ccc(C(=O)Nc2ccc(C(F)(F)F)cc2)c(F)c1. The summed E-state index contributed by atoms with van der Waals surface area (Å²) in [7, 11) is 0. The van der Waals surface area contributed by atoms with E-state index >= 15 is 0 Å². The number of hydrogen-bond donors (Lipinski definition) is 2. The molecule has 1 unspecified atom stereocenters. The minimum atomic E-state index is -4.74. The van der Waals surface area contributed by atoms with Crippen LogP contribution in [-0.4, -0.2) is 21.6 Å². The quantitative estimate of drug-likeness (QED) is 0.214. The van der Waals surface area contributed by atoms with Gasteiger partial charge in [-0.1, -0.05) is 23.7 Å². The molecule has 14 heteroatoms. The Kier molecular flexibility index (Phi) is 8.62. The molecule has 2 N–H and O–H groups in total. The predicted octanol–water partition coefficient (Wildman–Crippen LogP) is 7.37. The van der Waals surface area contributed by atoms with Gasteiger partial charge in [-0.2, -0.15) is 31.4 Å². The Balaban J connectivity index is 1.45. The molecule has 3 aromatic carbocycles. The highest BCUT2D eigenvalue weighted by Crippen LogP contribution is 2.31. The lowest BCUT2D eigenvalue weighted by Gasteiger charge is -2.15. The van der Waals surface area contributed by atoms with Gasteiger partial charge < -0.3 is 10.6 Å². The van der Waals surface area contributed by atoms with Crippen LogP contribution in [0, 0.1) is 5.82 Å². The number of halogens is 8. The van der Waals surface area contributed by atoms with Crippen molar-refractivity contribution in [2.24, 2.45) is 0 Å². The highest BCUT2D eigenvalue weighted by atomic mass is 35.5. The van der Waals surface area contributed by atoms with Crippen molar-refractivity contribution in [3.8, 4) is 5.69 Å². The number of rotatable bonds is 7. The van der Waals surface area contributed by atoms with E-state index in [1.54, 1.807) is 0 Å². The van der Waals surface area contributed by atoms with Gasteiger partial charge in [0.05, 0.1) is 35.0 Å². The van der Waals surface area contributed by atoms with Gasteiger partial charge in [-0.05, 0) is 73.2 Å². The van der Waals surface area contributed by atoms with Gasteiger partial charge in [0.1, 0.15) is 5.82 Å². The van der Waals surface area contributed by atoms with Crippen LogP contribution in [0.5, 0.6) is 0 Å². The molecule has 4 aromatic rings. The van der Waals surface area contributed by atoms with E-state index in [4.69, 9.17) is 11.6 Å². The van der Waals surface area contributed by atoms with E-state index < -0.39 is 52.7 Å². The van der Waals surface area contributed by atoms with E-state index in [9.17, 15) is 40.3 Å². The minimum absolute atomic E-state index is 0.00612. The molecular formula is C28H20ClF7N4O2. The summed E-state index contributed by atoms with van der Waals surface area (Å²) in [6, 6.07) is 13.7. The highest BCUT2D eigenvalue weighted by Gasteiger charge is 2.35. The van der Waals surface area contributed by atoms with Gasteiger partial charge in [0.2, 0.25) is 5.91 Å². The van der Waals surface area contributed by atoms with Crippen molar-refractivity contribution in [3.63, 3.8) is 0 Å². The smallest absolute Gasteiger partial charge is 0.350 e. The molecule has 0 radical (unpaired) electrons. The zero-order chi connectivity index (χ0) is 30.8. The second kappa shape index (κ2) is 11.8. The summed E-state index contributed by atoms with van der Waals surface area (Å²) >= 11 is 5.96. The first kappa shape index (κ1) is 30.6. The van der Waals surface area contributed by atoms with E-state index in [0.717, 1.165) is 47.1 Å². The number of amides is 2. The van der Waals surface area contributed by atoms with Crippen molar-refractivity contribution < 1.29 is 40.3 Å². The number of carbonyl (C=O) groups is 2.